The molecule has 0 aliphatic rings. The quantitative estimate of drug-likeness (QED) is 0.669. The Bertz CT molecular complexity index is 585. The molecule has 0 atom stereocenters. The standard InChI is InChI=1S/C18H30BrN3O3/c1-17(2,3)12-18(4,5)25-16(23)22(6)14-9-8-13(19)15(21-14)24-11-7-10-20/h8-9H,7,10-12,20H2,1-6H3. The minimum Gasteiger partial charge on any atom is -0.477 e. The number of carbonyl (C=O) groups is 1. The van der Waals surface area contributed by atoms with Gasteiger partial charge in [-0.1, -0.05) is 20.8 Å². The first-order chi connectivity index (χ1) is 11.4. The summed E-state index contributed by atoms with van der Waals surface area (Å²) in [6.45, 7) is 11.2. The largest absolute Gasteiger partial charge is 0.477 e. The first-order valence-electron chi connectivity index (χ1n) is 8.41. The molecule has 0 saturated heterocycles. The second kappa shape index (κ2) is 8.85. The van der Waals surface area contributed by atoms with E-state index in [9.17, 15) is 4.79 Å². The molecule has 0 fully saturated rings. The van der Waals surface area contributed by atoms with Crippen molar-refractivity contribution >= 4 is 27.8 Å². The Balaban J connectivity index is 2.83. The van der Waals surface area contributed by atoms with Gasteiger partial charge in [0.05, 0.1) is 11.1 Å². The number of halogens is 1. The number of carbonyl (C=O) groups excluding carboxylic acids is 1. The molecule has 1 aromatic heterocycles. The van der Waals surface area contributed by atoms with Crippen molar-refractivity contribution in [2.24, 2.45) is 11.1 Å². The van der Waals surface area contributed by atoms with Crippen molar-refractivity contribution in [1.82, 2.24) is 4.98 Å². The molecule has 0 aromatic carbocycles. The molecule has 1 amide bonds. The lowest BCUT2D eigenvalue weighted by atomic mass is 9.84. The molecule has 0 spiro atoms. The number of amides is 1. The fourth-order valence-electron chi connectivity index (χ4n) is 2.67. The van der Waals surface area contributed by atoms with E-state index in [2.05, 4.69) is 41.7 Å². The van der Waals surface area contributed by atoms with Crippen LogP contribution in [-0.2, 0) is 4.74 Å². The van der Waals surface area contributed by atoms with Crippen molar-refractivity contribution in [1.29, 1.82) is 0 Å². The molecule has 2 N–H and O–H groups in total. The topological polar surface area (TPSA) is 77.7 Å². The Kier molecular flexibility index (Phi) is 7.68. The second-order valence-electron chi connectivity index (χ2n) is 7.87. The van der Waals surface area contributed by atoms with Crippen LogP contribution in [-0.4, -0.2) is 36.9 Å². The fraction of sp³-hybridized carbons (Fsp3) is 0.667. The van der Waals surface area contributed by atoms with Gasteiger partial charge in [0, 0.05) is 7.05 Å². The van der Waals surface area contributed by atoms with E-state index in [4.69, 9.17) is 15.2 Å². The Hall–Kier alpha value is -1.34. The van der Waals surface area contributed by atoms with Gasteiger partial charge in [0.1, 0.15) is 11.4 Å². The summed E-state index contributed by atoms with van der Waals surface area (Å²) in [5, 5.41) is 0. The van der Waals surface area contributed by atoms with Gasteiger partial charge in [0.25, 0.3) is 0 Å². The lowest BCUT2D eigenvalue weighted by Crippen LogP contribution is -2.38. The third-order valence-corrected chi connectivity index (χ3v) is 3.93. The molecule has 6 nitrogen and oxygen atoms in total. The molecular formula is C18H30BrN3O3. The van der Waals surface area contributed by atoms with Crippen LogP contribution in [0.2, 0.25) is 0 Å². The van der Waals surface area contributed by atoms with E-state index in [1.807, 2.05) is 13.8 Å². The monoisotopic (exact) mass is 415 g/mol. The summed E-state index contributed by atoms with van der Waals surface area (Å²) >= 11 is 3.40. The highest BCUT2D eigenvalue weighted by molar-refractivity contribution is 9.10. The molecule has 25 heavy (non-hydrogen) atoms. The third kappa shape index (κ3) is 7.61. The van der Waals surface area contributed by atoms with Crippen LogP contribution in [0.25, 0.3) is 0 Å². The van der Waals surface area contributed by atoms with Crippen molar-refractivity contribution in [3.63, 3.8) is 0 Å². The molecule has 7 heteroatoms. The van der Waals surface area contributed by atoms with Crippen LogP contribution in [0.1, 0.15) is 47.5 Å². The van der Waals surface area contributed by atoms with E-state index >= 15 is 0 Å². The van der Waals surface area contributed by atoms with Crippen LogP contribution in [0, 0.1) is 5.41 Å². The first kappa shape index (κ1) is 21.7. The Labute approximate surface area is 159 Å². The van der Waals surface area contributed by atoms with E-state index in [0.717, 1.165) is 17.3 Å². The minimum atomic E-state index is -0.570. The SMILES string of the molecule is CN(C(=O)OC(C)(C)CC(C)(C)C)c1ccc(Br)c(OCCCN)n1. The summed E-state index contributed by atoms with van der Waals surface area (Å²) in [5.41, 5.74) is 4.96. The van der Waals surface area contributed by atoms with Crippen LogP contribution < -0.4 is 15.4 Å². The third-order valence-electron chi connectivity index (χ3n) is 3.32. The van der Waals surface area contributed by atoms with Gasteiger partial charge in [-0.3, -0.25) is 4.90 Å². The summed E-state index contributed by atoms with van der Waals surface area (Å²) in [6, 6.07) is 3.53. The highest BCUT2D eigenvalue weighted by Crippen LogP contribution is 2.31. The maximum Gasteiger partial charge on any atom is 0.415 e. The van der Waals surface area contributed by atoms with E-state index in [0.29, 0.717) is 24.8 Å². The normalized spacial score (nSPS) is 12.0. The second-order valence-corrected chi connectivity index (χ2v) is 8.73. The van der Waals surface area contributed by atoms with Gasteiger partial charge in [-0.2, -0.15) is 4.98 Å². The van der Waals surface area contributed by atoms with Gasteiger partial charge in [-0.25, -0.2) is 4.79 Å². The van der Waals surface area contributed by atoms with E-state index < -0.39 is 11.7 Å². The maximum absolute atomic E-state index is 12.5. The van der Waals surface area contributed by atoms with Crippen LogP contribution in [0.4, 0.5) is 10.6 Å². The number of nitrogens with two attached hydrogens (primary N) is 1. The molecule has 0 unspecified atom stereocenters. The smallest absolute Gasteiger partial charge is 0.415 e. The van der Waals surface area contributed by atoms with E-state index in [1.54, 1.807) is 19.2 Å². The lowest BCUT2D eigenvalue weighted by Gasteiger charge is -2.33. The summed E-state index contributed by atoms with van der Waals surface area (Å²) < 4.78 is 12.0. The van der Waals surface area contributed by atoms with Gasteiger partial charge >= 0.3 is 6.09 Å². The molecule has 1 heterocycles. The fourth-order valence-corrected chi connectivity index (χ4v) is 3.00. The Morgan fingerprint density at radius 3 is 2.48 bits per heavy atom. The van der Waals surface area contributed by atoms with Crippen LogP contribution in [0.5, 0.6) is 5.88 Å². The molecule has 0 saturated carbocycles. The minimum absolute atomic E-state index is 0.0578. The zero-order chi connectivity index (χ0) is 19.3. The molecule has 0 aliphatic carbocycles. The van der Waals surface area contributed by atoms with Crippen LogP contribution in [0.3, 0.4) is 0 Å². The van der Waals surface area contributed by atoms with Crippen LogP contribution in [0.15, 0.2) is 16.6 Å². The number of hydrogen-bond acceptors (Lipinski definition) is 5. The molecule has 142 valence electrons. The highest BCUT2D eigenvalue weighted by Gasteiger charge is 2.30. The van der Waals surface area contributed by atoms with Crippen molar-refractivity contribution in [3.05, 3.63) is 16.6 Å². The molecule has 0 radical (unpaired) electrons. The van der Waals surface area contributed by atoms with E-state index in [1.165, 1.54) is 4.90 Å². The number of pyridine rings is 1. The number of rotatable bonds is 7. The molecule has 1 rings (SSSR count). The average Bonchev–Trinajstić information content (AvgIpc) is 2.45. The van der Waals surface area contributed by atoms with Crippen molar-refractivity contribution in [2.75, 3.05) is 25.1 Å². The number of nitrogens with zero attached hydrogens (tertiary/aromatic N) is 2. The summed E-state index contributed by atoms with van der Waals surface area (Å²) in [6.07, 6.45) is 1.04. The Morgan fingerprint density at radius 1 is 1.28 bits per heavy atom. The molecule has 0 aliphatic heterocycles. The van der Waals surface area contributed by atoms with Crippen molar-refractivity contribution < 1.29 is 14.3 Å². The predicted octanol–water partition coefficient (Wildman–Crippen LogP) is 4.36. The summed E-state index contributed by atoms with van der Waals surface area (Å²) in [4.78, 5) is 18.3. The first-order valence-corrected chi connectivity index (χ1v) is 9.20. The van der Waals surface area contributed by atoms with Crippen LogP contribution >= 0.6 is 15.9 Å². The van der Waals surface area contributed by atoms with E-state index in [-0.39, 0.29) is 5.41 Å². The predicted molar refractivity (Wildman–Crippen MR) is 104 cm³/mol. The van der Waals surface area contributed by atoms with Gasteiger partial charge in [0.15, 0.2) is 0 Å². The Morgan fingerprint density at radius 2 is 1.92 bits per heavy atom. The molecule has 0 bridgehead atoms. The van der Waals surface area contributed by atoms with Gasteiger partial charge in [-0.05, 0) is 66.7 Å². The number of ether oxygens (including phenoxy) is 2. The zero-order valence-electron chi connectivity index (χ0n) is 16.1. The molecular weight excluding hydrogens is 386 g/mol. The van der Waals surface area contributed by atoms with Crippen molar-refractivity contribution in [2.45, 2.75) is 53.1 Å². The molecule has 1 aromatic rings. The number of hydrogen-bond donors (Lipinski definition) is 1. The maximum atomic E-state index is 12.5. The number of anilines is 1. The average molecular weight is 416 g/mol. The summed E-state index contributed by atoms with van der Waals surface area (Å²) in [7, 11) is 1.63. The lowest BCUT2D eigenvalue weighted by molar-refractivity contribution is 0.0146. The van der Waals surface area contributed by atoms with Crippen molar-refractivity contribution in [3.8, 4) is 5.88 Å². The van der Waals surface area contributed by atoms with Gasteiger partial charge in [-0.15, -0.1) is 0 Å². The zero-order valence-corrected chi connectivity index (χ0v) is 17.6. The van der Waals surface area contributed by atoms with Gasteiger partial charge < -0.3 is 15.2 Å². The highest BCUT2D eigenvalue weighted by atomic mass is 79.9. The van der Waals surface area contributed by atoms with Gasteiger partial charge in [0.2, 0.25) is 5.88 Å². The summed E-state index contributed by atoms with van der Waals surface area (Å²) in [5.74, 6) is 0.891. The number of aromatic nitrogens is 1.